The van der Waals surface area contributed by atoms with E-state index in [0.717, 1.165) is 5.69 Å². The van der Waals surface area contributed by atoms with E-state index in [1.54, 1.807) is 18.2 Å². The third-order valence-electron chi connectivity index (χ3n) is 3.37. The highest BCUT2D eigenvalue weighted by Gasteiger charge is 2.16. The molecule has 0 radical (unpaired) electrons. The summed E-state index contributed by atoms with van der Waals surface area (Å²) in [5.74, 6) is -0.166. The monoisotopic (exact) mass is 302 g/mol. The van der Waals surface area contributed by atoms with Gasteiger partial charge in [-0.1, -0.05) is 26.8 Å². The number of aromatic nitrogens is 2. The molecule has 0 fully saturated rings. The van der Waals surface area contributed by atoms with Gasteiger partial charge in [0.25, 0.3) is 11.6 Å². The van der Waals surface area contributed by atoms with Crippen LogP contribution in [0.2, 0.25) is 0 Å². The van der Waals surface area contributed by atoms with Crippen molar-refractivity contribution in [1.29, 1.82) is 0 Å². The first-order valence-corrected chi connectivity index (χ1v) is 7.06. The van der Waals surface area contributed by atoms with Crippen LogP contribution in [0.1, 0.15) is 48.4 Å². The van der Waals surface area contributed by atoms with Crippen molar-refractivity contribution in [1.82, 2.24) is 10.2 Å². The molecular formula is C15H18N4O3. The Bertz CT molecular complexity index is 707. The number of hydrogen-bond acceptors (Lipinski definition) is 4. The quantitative estimate of drug-likeness (QED) is 0.653. The lowest BCUT2D eigenvalue weighted by molar-refractivity contribution is -0.385. The lowest BCUT2D eigenvalue weighted by Gasteiger charge is -2.05. The third-order valence-corrected chi connectivity index (χ3v) is 3.37. The molecule has 1 heterocycles. The summed E-state index contributed by atoms with van der Waals surface area (Å²) in [6, 6.07) is 6.35. The predicted octanol–water partition coefficient (Wildman–Crippen LogP) is 3.26. The van der Waals surface area contributed by atoms with Crippen molar-refractivity contribution in [2.24, 2.45) is 0 Å². The van der Waals surface area contributed by atoms with E-state index in [0.29, 0.717) is 17.7 Å². The minimum absolute atomic E-state index is 0.00481. The van der Waals surface area contributed by atoms with Crippen LogP contribution in [0.25, 0.3) is 0 Å². The zero-order chi connectivity index (χ0) is 16.3. The summed E-state index contributed by atoms with van der Waals surface area (Å²) in [6.45, 7) is 5.82. The molecule has 0 aliphatic rings. The Kier molecular flexibility index (Phi) is 4.55. The molecule has 2 N–H and O–H groups in total. The van der Waals surface area contributed by atoms with Crippen LogP contribution >= 0.6 is 0 Å². The van der Waals surface area contributed by atoms with Gasteiger partial charge in [-0.15, -0.1) is 0 Å². The SMILES string of the molecule is CCc1ccc(NC(=O)c2cc(C(C)C)[nH]n2)cc1[N+](=O)[O-]. The van der Waals surface area contributed by atoms with Gasteiger partial charge in [0.1, 0.15) is 0 Å². The lowest BCUT2D eigenvalue weighted by atomic mass is 10.1. The first-order chi connectivity index (χ1) is 10.4. The number of rotatable bonds is 5. The second-order valence-corrected chi connectivity index (χ2v) is 5.27. The number of H-pyrrole nitrogens is 1. The highest BCUT2D eigenvalue weighted by atomic mass is 16.6. The number of nitro groups is 1. The summed E-state index contributed by atoms with van der Waals surface area (Å²) in [6.07, 6.45) is 0.557. The number of nitro benzene ring substituents is 1. The van der Waals surface area contributed by atoms with Gasteiger partial charge >= 0.3 is 0 Å². The summed E-state index contributed by atoms with van der Waals surface area (Å²) in [7, 11) is 0. The van der Waals surface area contributed by atoms with Gasteiger partial charge in [-0.05, 0) is 24.5 Å². The summed E-state index contributed by atoms with van der Waals surface area (Å²) in [5, 5.41) is 20.4. The van der Waals surface area contributed by atoms with Crippen LogP contribution in [0.3, 0.4) is 0 Å². The van der Waals surface area contributed by atoms with Gasteiger partial charge in [0.15, 0.2) is 5.69 Å². The van der Waals surface area contributed by atoms with Crippen LogP contribution in [0.5, 0.6) is 0 Å². The number of amides is 1. The Morgan fingerprint density at radius 1 is 1.41 bits per heavy atom. The Morgan fingerprint density at radius 2 is 2.14 bits per heavy atom. The maximum absolute atomic E-state index is 12.1. The first kappa shape index (κ1) is 15.7. The number of nitrogens with one attached hydrogen (secondary N) is 2. The summed E-state index contributed by atoms with van der Waals surface area (Å²) >= 11 is 0. The van der Waals surface area contributed by atoms with Crippen LogP contribution < -0.4 is 5.32 Å². The minimum Gasteiger partial charge on any atom is -0.320 e. The van der Waals surface area contributed by atoms with E-state index in [-0.39, 0.29) is 17.3 Å². The molecule has 0 aliphatic heterocycles. The summed E-state index contributed by atoms with van der Waals surface area (Å²) < 4.78 is 0. The number of aromatic amines is 1. The lowest BCUT2D eigenvalue weighted by Crippen LogP contribution is -2.12. The molecule has 1 aromatic carbocycles. The van der Waals surface area contributed by atoms with Crippen molar-refractivity contribution in [3.63, 3.8) is 0 Å². The largest absolute Gasteiger partial charge is 0.320 e. The van der Waals surface area contributed by atoms with Crippen LogP contribution in [0.15, 0.2) is 24.3 Å². The van der Waals surface area contributed by atoms with E-state index in [2.05, 4.69) is 15.5 Å². The maximum Gasteiger partial charge on any atom is 0.276 e. The molecule has 0 atom stereocenters. The molecule has 0 spiro atoms. The summed E-state index contributed by atoms with van der Waals surface area (Å²) in [4.78, 5) is 22.7. The molecule has 1 aromatic heterocycles. The zero-order valence-corrected chi connectivity index (χ0v) is 12.7. The third kappa shape index (κ3) is 3.30. The van der Waals surface area contributed by atoms with Crippen molar-refractivity contribution in [3.05, 3.63) is 51.3 Å². The Labute approximate surface area is 127 Å². The predicted molar refractivity (Wildman–Crippen MR) is 83.1 cm³/mol. The van der Waals surface area contributed by atoms with E-state index in [9.17, 15) is 14.9 Å². The van der Waals surface area contributed by atoms with Gasteiger partial charge in [-0.2, -0.15) is 5.10 Å². The minimum atomic E-state index is -0.445. The molecule has 0 aliphatic carbocycles. The molecule has 7 heteroatoms. The van der Waals surface area contributed by atoms with Gasteiger partial charge < -0.3 is 5.32 Å². The van der Waals surface area contributed by atoms with Crippen molar-refractivity contribution in [2.45, 2.75) is 33.1 Å². The molecule has 0 bridgehead atoms. The topological polar surface area (TPSA) is 101 Å². The molecule has 116 valence electrons. The van der Waals surface area contributed by atoms with Gasteiger partial charge in [0, 0.05) is 23.0 Å². The average molecular weight is 302 g/mol. The van der Waals surface area contributed by atoms with E-state index >= 15 is 0 Å². The molecule has 2 aromatic rings. The highest BCUT2D eigenvalue weighted by Crippen LogP contribution is 2.24. The maximum atomic E-state index is 12.1. The van der Waals surface area contributed by atoms with Gasteiger partial charge in [-0.3, -0.25) is 20.0 Å². The first-order valence-electron chi connectivity index (χ1n) is 7.06. The van der Waals surface area contributed by atoms with Gasteiger partial charge in [-0.25, -0.2) is 0 Å². The molecule has 0 unspecified atom stereocenters. The Balaban J connectivity index is 2.20. The van der Waals surface area contributed by atoms with E-state index < -0.39 is 10.8 Å². The molecule has 22 heavy (non-hydrogen) atoms. The molecule has 2 rings (SSSR count). The van der Waals surface area contributed by atoms with Crippen molar-refractivity contribution in [3.8, 4) is 0 Å². The number of benzene rings is 1. The molecule has 7 nitrogen and oxygen atoms in total. The molecule has 0 saturated carbocycles. The smallest absolute Gasteiger partial charge is 0.276 e. The molecule has 0 saturated heterocycles. The second-order valence-electron chi connectivity index (χ2n) is 5.27. The normalized spacial score (nSPS) is 10.7. The average Bonchev–Trinajstić information content (AvgIpc) is 2.97. The van der Waals surface area contributed by atoms with Crippen LogP contribution in [0, 0.1) is 10.1 Å². The fourth-order valence-corrected chi connectivity index (χ4v) is 2.05. The fourth-order valence-electron chi connectivity index (χ4n) is 2.05. The molecule has 1 amide bonds. The number of nitrogens with zero attached hydrogens (tertiary/aromatic N) is 2. The zero-order valence-electron chi connectivity index (χ0n) is 12.7. The fraction of sp³-hybridized carbons (Fsp3) is 0.333. The van der Waals surface area contributed by atoms with Crippen LogP contribution in [-0.2, 0) is 6.42 Å². The van der Waals surface area contributed by atoms with Crippen LogP contribution in [-0.4, -0.2) is 21.0 Å². The second kappa shape index (κ2) is 6.38. The van der Waals surface area contributed by atoms with E-state index in [4.69, 9.17) is 0 Å². The molecular weight excluding hydrogens is 284 g/mol. The number of aryl methyl sites for hydroxylation is 1. The standard InChI is InChI=1S/C15H18N4O3/c1-4-10-5-6-11(7-14(10)19(21)22)16-15(20)13-8-12(9(2)3)17-18-13/h5-9H,4H2,1-3H3,(H,16,20)(H,17,18). The van der Waals surface area contributed by atoms with Gasteiger partial charge in [0.2, 0.25) is 0 Å². The Morgan fingerprint density at radius 3 is 2.68 bits per heavy atom. The van der Waals surface area contributed by atoms with E-state index in [1.165, 1.54) is 6.07 Å². The summed E-state index contributed by atoms with van der Waals surface area (Å²) in [5.41, 5.74) is 2.13. The van der Waals surface area contributed by atoms with Gasteiger partial charge in [0.05, 0.1) is 4.92 Å². The number of anilines is 1. The number of hydrogen-bond donors (Lipinski definition) is 2. The van der Waals surface area contributed by atoms with Crippen LogP contribution in [0.4, 0.5) is 11.4 Å². The van der Waals surface area contributed by atoms with E-state index in [1.807, 2.05) is 20.8 Å². The van der Waals surface area contributed by atoms with Crippen molar-refractivity contribution in [2.75, 3.05) is 5.32 Å². The Hall–Kier alpha value is -2.70. The highest BCUT2D eigenvalue weighted by molar-refractivity contribution is 6.03. The number of carbonyl (C=O) groups excluding carboxylic acids is 1. The number of carbonyl (C=O) groups is 1. The van der Waals surface area contributed by atoms with Crippen molar-refractivity contribution >= 4 is 17.3 Å². The van der Waals surface area contributed by atoms with Crippen molar-refractivity contribution < 1.29 is 9.72 Å².